The second kappa shape index (κ2) is 6.62. The molecule has 0 atom stereocenters. The van der Waals surface area contributed by atoms with Crippen LogP contribution in [0.25, 0.3) is 0 Å². The van der Waals surface area contributed by atoms with Crippen molar-refractivity contribution < 1.29 is 19.1 Å². The highest BCUT2D eigenvalue weighted by Crippen LogP contribution is 2.45. The van der Waals surface area contributed by atoms with Crippen molar-refractivity contribution in [2.45, 2.75) is 51.4 Å². The van der Waals surface area contributed by atoms with Gasteiger partial charge >= 0.3 is 11.9 Å². The maximum absolute atomic E-state index is 11.2. The lowest BCUT2D eigenvalue weighted by Gasteiger charge is -2.28. The van der Waals surface area contributed by atoms with E-state index in [0.717, 1.165) is 25.7 Å². The Balaban J connectivity index is 2.44. The van der Waals surface area contributed by atoms with Gasteiger partial charge in [0.25, 0.3) is 0 Å². The van der Waals surface area contributed by atoms with Gasteiger partial charge in [-0.2, -0.15) is 0 Å². The molecule has 0 aromatic rings. The van der Waals surface area contributed by atoms with Gasteiger partial charge in [0.2, 0.25) is 0 Å². The topological polar surface area (TPSA) is 52.6 Å². The average Bonchev–Trinajstić information content (AvgIpc) is 2.82. The van der Waals surface area contributed by atoms with Gasteiger partial charge in [0.05, 0.1) is 14.2 Å². The smallest absolute Gasteiger partial charge is 0.305 e. The van der Waals surface area contributed by atoms with Crippen LogP contribution >= 0.6 is 0 Å². The molecule has 1 fully saturated rings. The van der Waals surface area contributed by atoms with E-state index >= 15 is 0 Å². The van der Waals surface area contributed by atoms with Gasteiger partial charge in [0.15, 0.2) is 0 Å². The number of carbonyl (C=O) groups is 2. The van der Waals surface area contributed by atoms with Gasteiger partial charge in [-0.05, 0) is 31.1 Å². The van der Waals surface area contributed by atoms with Gasteiger partial charge in [-0.25, -0.2) is 0 Å². The number of carbonyl (C=O) groups excluding carboxylic acids is 2. The van der Waals surface area contributed by atoms with Gasteiger partial charge in [-0.1, -0.05) is 12.8 Å². The highest BCUT2D eigenvalue weighted by molar-refractivity contribution is 5.70. The molecule has 0 radical (unpaired) electrons. The van der Waals surface area contributed by atoms with Crippen LogP contribution in [-0.4, -0.2) is 26.2 Å². The summed E-state index contributed by atoms with van der Waals surface area (Å²) < 4.78 is 9.34. The first kappa shape index (κ1) is 14.0. The minimum Gasteiger partial charge on any atom is -0.469 e. The van der Waals surface area contributed by atoms with Crippen LogP contribution in [0, 0.1) is 5.41 Å². The minimum atomic E-state index is -0.158. The Hall–Kier alpha value is -1.06. The molecule has 17 heavy (non-hydrogen) atoms. The summed E-state index contributed by atoms with van der Waals surface area (Å²) in [5.74, 6) is -0.316. The zero-order chi connectivity index (χ0) is 12.7. The fraction of sp³-hybridized carbons (Fsp3) is 0.846. The lowest BCUT2D eigenvalue weighted by atomic mass is 9.77. The van der Waals surface area contributed by atoms with Crippen molar-refractivity contribution in [3.63, 3.8) is 0 Å². The van der Waals surface area contributed by atoms with Crippen LogP contribution in [0.5, 0.6) is 0 Å². The van der Waals surface area contributed by atoms with Crippen LogP contribution in [0.3, 0.4) is 0 Å². The van der Waals surface area contributed by atoms with Gasteiger partial charge in [-0.3, -0.25) is 9.59 Å². The van der Waals surface area contributed by atoms with Gasteiger partial charge in [-0.15, -0.1) is 0 Å². The summed E-state index contributed by atoms with van der Waals surface area (Å²) in [7, 11) is 2.83. The molecule has 4 heteroatoms. The molecule has 1 rings (SSSR count). The number of ether oxygens (including phenoxy) is 2. The van der Waals surface area contributed by atoms with Crippen LogP contribution in [0.2, 0.25) is 0 Å². The standard InChI is InChI=1S/C13H22O4/c1-16-11(14)5-9-13(7-3-4-8-13)10-6-12(15)17-2/h3-10H2,1-2H3. The molecular weight excluding hydrogens is 220 g/mol. The van der Waals surface area contributed by atoms with Crippen LogP contribution in [0.1, 0.15) is 51.4 Å². The molecular formula is C13H22O4. The Morgan fingerprint density at radius 1 is 0.941 bits per heavy atom. The van der Waals surface area contributed by atoms with Crippen molar-refractivity contribution in [2.24, 2.45) is 5.41 Å². The summed E-state index contributed by atoms with van der Waals surface area (Å²) >= 11 is 0. The number of hydrogen-bond donors (Lipinski definition) is 0. The van der Waals surface area contributed by atoms with E-state index in [1.807, 2.05) is 0 Å². The number of methoxy groups -OCH3 is 2. The third-order valence-electron chi connectivity index (χ3n) is 3.84. The molecule has 0 amide bonds. The molecule has 0 heterocycles. The maximum Gasteiger partial charge on any atom is 0.305 e. The third kappa shape index (κ3) is 4.36. The van der Waals surface area contributed by atoms with Crippen molar-refractivity contribution >= 4 is 11.9 Å². The molecule has 0 aliphatic heterocycles. The van der Waals surface area contributed by atoms with E-state index in [2.05, 4.69) is 9.47 Å². The van der Waals surface area contributed by atoms with E-state index < -0.39 is 0 Å². The lowest BCUT2D eigenvalue weighted by Crippen LogP contribution is -2.20. The Kier molecular flexibility index (Phi) is 5.45. The lowest BCUT2D eigenvalue weighted by molar-refractivity contribution is -0.141. The fourth-order valence-corrected chi connectivity index (χ4v) is 2.69. The van der Waals surface area contributed by atoms with Crippen molar-refractivity contribution in [3.8, 4) is 0 Å². The minimum absolute atomic E-state index is 0.155. The summed E-state index contributed by atoms with van der Waals surface area (Å²) in [5.41, 5.74) is 0.155. The van der Waals surface area contributed by atoms with E-state index in [0.29, 0.717) is 12.8 Å². The molecule has 1 saturated carbocycles. The van der Waals surface area contributed by atoms with Gasteiger partial charge in [0.1, 0.15) is 0 Å². The first-order valence-corrected chi connectivity index (χ1v) is 6.25. The van der Waals surface area contributed by atoms with Crippen LogP contribution < -0.4 is 0 Å². The molecule has 0 spiro atoms. The molecule has 0 aromatic carbocycles. The van der Waals surface area contributed by atoms with Crippen molar-refractivity contribution in [2.75, 3.05) is 14.2 Å². The summed E-state index contributed by atoms with van der Waals surface area (Å²) in [5, 5.41) is 0. The molecule has 4 nitrogen and oxygen atoms in total. The van der Waals surface area contributed by atoms with E-state index in [-0.39, 0.29) is 17.4 Å². The summed E-state index contributed by atoms with van der Waals surface area (Å²) in [6.07, 6.45) is 7.19. The Morgan fingerprint density at radius 2 is 1.35 bits per heavy atom. The highest BCUT2D eigenvalue weighted by Gasteiger charge is 2.34. The summed E-state index contributed by atoms with van der Waals surface area (Å²) in [4.78, 5) is 22.4. The SMILES string of the molecule is COC(=O)CCC1(CCC(=O)OC)CCCC1. The largest absolute Gasteiger partial charge is 0.469 e. The zero-order valence-corrected chi connectivity index (χ0v) is 10.8. The molecule has 0 saturated heterocycles. The van der Waals surface area contributed by atoms with Crippen LogP contribution in [0.4, 0.5) is 0 Å². The van der Waals surface area contributed by atoms with Crippen molar-refractivity contribution in [1.82, 2.24) is 0 Å². The predicted octanol–water partition coefficient (Wildman–Crippen LogP) is 2.45. The second-order valence-electron chi connectivity index (χ2n) is 4.86. The second-order valence-corrected chi connectivity index (χ2v) is 4.86. The molecule has 1 aliphatic carbocycles. The Morgan fingerprint density at radius 3 is 1.71 bits per heavy atom. The molecule has 0 aromatic heterocycles. The quantitative estimate of drug-likeness (QED) is 0.671. The summed E-state index contributed by atoms with van der Waals surface area (Å²) in [6, 6.07) is 0. The van der Waals surface area contributed by atoms with Crippen molar-refractivity contribution in [3.05, 3.63) is 0 Å². The maximum atomic E-state index is 11.2. The third-order valence-corrected chi connectivity index (χ3v) is 3.84. The van der Waals surface area contributed by atoms with Gasteiger partial charge in [0, 0.05) is 12.8 Å². The van der Waals surface area contributed by atoms with Gasteiger partial charge < -0.3 is 9.47 Å². The average molecular weight is 242 g/mol. The molecule has 98 valence electrons. The highest BCUT2D eigenvalue weighted by atomic mass is 16.5. The Labute approximate surface area is 103 Å². The number of hydrogen-bond acceptors (Lipinski definition) is 4. The first-order valence-electron chi connectivity index (χ1n) is 6.25. The fourth-order valence-electron chi connectivity index (χ4n) is 2.69. The van der Waals surface area contributed by atoms with Crippen LogP contribution in [0.15, 0.2) is 0 Å². The predicted molar refractivity (Wildman–Crippen MR) is 63.4 cm³/mol. The van der Waals surface area contributed by atoms with E-state index in [1.54, 1.807) is 0 Å². The normalized spacial score (nSPS) is 17.8. The first-order chi connectivity index (χ1) is 8.12. The molecule has 0 bridgehead atoms. The van der Waals surface area contributed by atoms with E-state index in [4.69, 9.17) is 0 Å². The zero-order valence-electron chi connectivity index (χ0n) is 10.8. The van der Waals surface area contributed by atoms with Crippen molar-refractivity contribution in [1.29, 1.82) is 0 Å². The molecule has 1 aliphatic rings. The van der Waals surface area contributed by atoms with Crippen LogP contribution in [-0.2, 0) is 19.1 Å². The number of rotatable bonds is 6. The molecule has 0 N–H and O–H groups in total. The van der Waals surface area contributed by atoms with E-state index in [1.165, 1.54) is 27.1 Å². The summed E-state index contributed by atoms with van der Waals surface area (Å²) in [6.45, 7) is 0. The monoisotopic (exact) mass is 242 g/mol. The molecule has 0 unspecified atom stereocenters. The van der Waals surface area contributed by atoms with E-state index in [9.17, 15) is 9.59 Å². The number of esters is 2. The Bertz CT molecular complexity index is 245.